The number of para-hydroxylation sites is 1. The highest BCUT2D eigenvalue weighted by Crippen LogP contribution is 2.44. The first-order valence-electron chi connectivity index (χ1n) is 9.03. The van der Waals surface area contributed by atoms with E-state index in [0.717, 1.165) is 38.7 Å². The normalized spacial score (nSPS) is 15.9. The standard InChI is InChI=1S/C23H19N3O/c24-23(27)26-14-20-16(15-7-2-1-3-8-15)10-6-11-18(20)22(26)19-13-25-21-12-5-4-9-17(19)21/h1-13,22,25H,14H2,(H2,24,27). The number of primary amides is 1. The van der Waals surface area contributed by atoms with E-state index >= 15 is 0 Å². The molecule has 0 saturated carbocycles. The summed E-state index contributed by atoms with van der Waals surface area (Å²) in [5.74, 6) is 0. The maximum absolute atomic E-state index is 12.3. The molecule has 4 aromatic rings. The predicted octanol–water partition coefficient (Wildman–Crippen LogP) is 4.82. The van der Waals surface area contributed by atoms with Crippen LogP contribution >= 0.6 is 0 Å². The Balaban J connectivity index is 1.72. The van der Waals surface area contributed by atoms with Crippen molar-refractivity contribution >= 4 is 16.9 Å². The van der Waals surface area contributed by atoms with Gasteiger partial charge in [-0.25, -0.2) is 4.79 Å². The summed E-state index contributed by atoms with van der Waals surface area (Å²) >= 11 is 0. The van der Waals surface area contributed by atoms with Crippen molar-refractivity contribution in [2.24, 2.45) is 5.73 Å². The number of nitrogens with zero attached hydrogens (tertiary/aromatic N) is 1. The molecule has 0 radical (unpaired) electrons. The maximum atomic E-state index is 12.3. The second kappa shape index (κ2) is 6.02. The van der Waals surface area contributed by atoms with Crippen LogP contribution in [0.1, 0.15) is 22.7 Å². The van der Waals surface area contributed by atoms with E-state index in [1.807, 2.05) is 42.6 Å². The van der Waals surface area contributed by atoms with Crippen molar-refractivity contribution in [1.29, 1.82) is 0 Å². The van der Waals surface area contributed by atoms with Crippen LogP contribution in [-0.2, 0) is 6.54 Å². The van der Waals surface area contributed by atoms with Gasteiger partial charge in [-0.3, -0.25) is 0 Å². The predicted molar refractivity (Wildman–Crippen MR) is 107 cm³/mol. The van der Waals surface area contributed by atoms with Crippen LogP contribution < -0.4 is 5.73 Å². The van der Waals surface area contributed by atoms with Crippen LogP contribution in [0.15, 0.2) is 79.0 Å². The molecule has 132 valence electrons. The lowest BCUT2D eigenvalue weighted by Crippen LogP contribution is -2.34. The highest BCUT2D eigenvalue weighted by Gasteiger charge is 2.36. The molecule has 3 N–H and O–H groups in total. The second-order valence-electron chi connectivity index (χ2n) is 6.90. The lowest BCUT2D eigenvalue weighted by molar-refractivity contribution is 0.199. The minimum Gasteiger partial charge on any atom is -0.361 e. The smallest absolute Gasteiger partial charge is 0.315 e. The number of amides is 2. The number of fused-ring (bicyclic) bond motifs is 2. The molecule has 4 nitrogen and oxygen atoms in total. The van der Waals surface area contributed by atoms with Gasteiger partial charge >= 0.3 is 6.03 Å². The lowest BCUT2D eigenvalue weighted by Gasteiger charge is -2.23. The third-order valence-electron chi connectivity index (χ3n) is 5.43. The van der Waals surface area contributed by atoms with Gasteiger partial charge in [0.1, 0.15) is 0 Å². The zero-order valence-electron chi connectivity index (χ0n) is 14.7. The molecule has 3 aromatic carbocycles. The molecule has 1 aromatic heterocycles. The Morgan fingerprint density at radius 2 is 1.70 bits per heavy atom. The number of carbonyl (C=O) groups is 1. The van der Waals surface area contributed by atoms with E-state index in [0.29, 0.717) is 6.54 Å². The minimum absolute atomic E-state index is 0.183. The van der Waals surface area contributed by atoms with Crippen LogP contribution in [-0.4, -0.2) is 15.9 Å². The Labute approximate surface area is 157 Å². The van der Waals surface area contributed by atoms with E-state index in [9.17, 15) is 4.79 Å². The molecule has 4 heteroatoms. The topological polar surface area (TPSA) is 62.1 Å². The average molecular weight is 353 g/mol. The van der Waals surface area contributed by atoms with Crippen molar-refractivity contribution < 1.29 is 4.79 Å². The van der Waals surface area contributed by atoms with Gasteiger partial charge in [0, 0.05) is 29.2 Å². The zero-order chi connectivity index (χ0) is 18.4. The molecule has 1 aliphatic rings. The van der Waals surface area contributed by atoms with Gasteiger partial charge in [0.15, 0.2) is 0 Å². The Morgan fingerprint density at radius 3 is 2.52 bits per heavy atom. The fourth-order valence-corrected chi connectivity index (χ4v) is 4.22. The number of hydrogen-bond acceptors (Lipinski definition) is 1. The molecule has 27 heavy (non-hydrogen) atoms. The maximum Gasteiger partial charge on any atom is 0.315 e. The van der Waals surface area contributed by atoms with Gasteiger partial charge < -0.3 is 15.6 Å². The molecule has 0 spiro atoms. The molecule has 2 heterocycles. The molecule has 0 aliphatic carbocycles. The SMILES string of the molecule is NC(=O)N1Cc2c(-c3ccccc3)cccc2C1c1c[nH]c2ccccc12. The van der Waals surface area contributed by atoms with E-state index in [-0.39, 0.29) is 6.04 Å². The van der Waals surface area contributed by atoms with Crippen molar-refractivity contribution in [1.82, 2.24) is 9.88 Å². The van der Waals surface area contributed by atoms with Crippen molar-refractivity contribution in [3.63, 3.8) is 0 Å². The van der Waals surface area contributed by atoms with Crippen molar-refractivity contribution in [3.05, 3.63) is 95.7 Å². The van der Waals surface area contributed by atoms with Gasteiger partial charge in [-0.1, -0.05) is 66.7 Å². The van der Waals surface area contributed by atoms with Crippen LogP contribution in [0, 0.1) is 0 Å². The number of urea groups is 1. The highest BCUT2D eigenvalue weighted by molar-refractivity contribution is 5.86. The van der Waals surface area contributed by atoms with Gasteiger partial charge in [0.2, 0.25) is 0 Å². The van der Waals surface area contributed by atoms with Crippen LogP contribution in [0.3, 0.4) is 0 Å². The first kappa shape index (κ1) is 15.7. The van der Waals surface area contributed by atoms with E-state index in [1.165, 1.54) is 0 Å². The molecule has 5 rings (SSSR count). The third-order valence-corrected chi connectivity index (χ3v) is 5.43. The van der Waals surface area contributed by atoms with Crippen LogP contribution in [0.2, 0.25) is 0 Å². The summed E-state index contributed by atoms with van der Waals surface area (Å²) < 4.78 is 0. The number of aromatic amines is 1. The van der Waals surface area contributed by atoms with Crippen molar-refractivity contribution in [2.45, 2.75) is 12.6 Å². The van der Waals surface area contributed by atoms with E-state index in [4.69, 9.17) is 5.73 Å². The first-order valence-corrected chi connectivity index (χ1v) is 9.03. The van der Waals surface area contributed by atoms with E-state index in [2.05, 4.69) is 41.4 Å². The number of carbonyl (C=O) groups excluding carboxylic acids is 1. The largest absolute Gasteiger partial charge is 0.361 e. The molecule has 1 atom stereocenters. The Bertz CT molecular complexity index is 1150. The van der Waals surface area contributed by atoms with Crippen LogP contribution in [0.25, 0.3) is 22.0 Å². The molecule has 0 saturated heterocycles. The Kier molecular flexibility index (Phi) is 3.50. The number of aromatic nitrogens is 1. The number of nitrogens with two attached hydrogens (primary N) is 1. The summed E-state index contributed by atoms with van der Waals surface area (Å²) in [5, 5.41) is 1.12. The Morgan fingerprint density at radius 1 is 0.926 bits per heavy atom. The zero-order valence-corrected chi connectivity index (χ0v) is 14.7. The molecule has 1 aliphatic heterocycles. The van der Waals surface area contributed by atoms with Crippen LogP contribution in [0.5, 0.6) is 0 Å². The number of rotatable bonds is 2. The Hall–Kier alpha value is -3.53. The minimum atomic E-state index is -0.402. The van der Waals surface area contributed by atoms with Gasteiger partial charge in [0.05, 0.1) is 6.04 Å². The fraction of sp³-hybridized carbons (Fsp3) is 0.0870. The third kappa shape index (κ3) is 2.41. The average Bonchev–Trinajstić information content (AvgIpc) is 3.29. The van der Waals surface area contributed by atoms with Crippen molar-refractivity contribution in [3.8, 4) is 11.1 Å². The van der Waals surface area contributed by atoms with Gasteiger partial charge in [-0.2, -0.15) is 0 Å². The second-order valence-corrected chi connectivity index (χ2v) is 6.90. The highest BCUT2D eigenvalue weighted by atomic mass is 16.2. The monoisotopic (exact) mass is 353 g/mol. The van der Waals surface area contributed by atoms with Crippen molar-refractivity contribution in [2.75, 3.05) is 0 Å². The summed E-state index contributed by atoms with van der Waals surface area (Å²) in [7, 11) is 0. The fourth-order valence-electron chi connectivity index (χ4n) is 4.22. The summed E-state index contributed by atoms with van der Waals surface area (Å²) in [6.07, 6.45) is 2.00. The van der Waals surface area contributed by atoms with Gasteiger partial charge in [-0.05, 0) is 28.3 Å². The first-order chi connectivity index (χ1) is 13.2. The number of nitrogens with one attached hydrogen (secondary N) is 1. The lowest BCUT2D eigenvalue weighted by atomic mass is 9.92. The molecule has 0 fully saturated rings. The number of H-pyrrole nitrogens is 1. The van der Waals surface area contributed by atoms with E-state index < -0.39 is 6.03 Å². The summed E-state index contributed by atoms with van der Waals surface area (Å²) in [5.41, 5.74) is 12.5. The molecule has 1 unspecified atom stereocenters. The number of hydrogen-bond donors (Lipinski definition) is 2. The molecular formula is C23H19N3O. The quantitative estimate of drug-likeness (QED) is 0.533. The summed E-state index contributed by atoms with van der Waals surface area (Å²) in [4.78, 5) is 17.4. The summed E-state index contributed by atoms with van der Waals surface area (Å²) in [6, 6.07) is 24.1. The molecular weight excluding hydrogens is 334 g/mol. The molecule has 2 amide bonds. The van der Waals surface area contributed by atoms with Gasteiger partial charge in [0.25, 0.3) is 0 Å². The molecule has 0 bridgehead atoms. The van der Waals surface area contributed by atoms with Gasteiger partial charge in [-0.15, -0.1) is 0 Å². The van der Waals surface area contributed by atoms with E-state index in [1.54, 1.807) is 4.90 Å². The van der Waals surface area contributed by atoms with Crippen LogP contribution in [0.4, 0.5) is 4.79 Å². The number of benzene rings is 3. The summed E-state index contributed by atoms with van der Waals surface area (Å²) in [6.45, 7) is 0.514.